The first-order valence-electron chi connectivity index (χ1n) is 13.0. The Morgan fingerprint density at radius 2 is 1.74 bits per heavy atom. The zero-order chi connectivity index (χ0) is 25.5. The zero-order valence-corrected chi connectivity index (χ0v) is 21.5. The number of rotatable bonds is 4. The lowest BCUT2D eigenvalue weighted by Crippen LogP contribution is -2.60. The molecule has 2 saturated heterocycles. The minimum Gasteiger partial charge on any atom is -0.338 e. The van der Waals surface area contributed by atoms with E-state index in [2.05, 4.69) is 25.7 Å². The maximum Gasteiger partial charge on any atom is 0.239 e. The Hall–Kier alpha value is -2.06. The summed E-state index contributed by atoms with van der Waals surface area (Å²) in [6, 6.07) is 3.02. The van der Waals surface area contributed by atoms with Gasteiger partial charge in [-0.1, -0.05) is 18.9 Å². The fraction of sp³-hybridized carbons (Fsp3) is 0.704. The molecule has 2 aliphatic heterocycles. The Kier molecular flexibility index (Phi) is 7.53. The summed E-state index contributed by atoms with van der Waals surface area (Å²) in [5, 5.41) is 0. The van der Waals surface area contributed by atoms with Crippen molar-refractivity contribution in [1.82, 2.24) is 14.7 Å². The molecule has 2 amide bonds. The van der Waals surface area contributed by atoms with Gasteiger partial charge in [-0.2, -0.15) is 0 Å². The smallest absolute Gasteiger partial charge is 0.239 e. The predicted molar refractivity (Wildman–Crippen MR) is 132 cm³/mol. The Balaban J connectivity index is 1.49. The second kappa shape index (κ2) is 10.1. The number of nitrogens with zero attached hydrogens (tertiary/aromatic N) is 3. The normalized spacial score (nSPS) is 27.5. The molecule has 0 aromatic heterocycles. The molecule has 0 bridgehead atoms. The van der Waals surface area contributed by atoms with E-state index in [1.165, 1.54) is 12.1 Å². The van der Waals surface area contributed by atoms with Crippen molar-refractivity contribution in [2.24, 2.45) is 17.6 Å². The number of benzene rings is 1. The van der Waals surface area contributed by atoms with Crippen molar-refractivity contribution in [2.75, 3.05) is 32.7 Å². The van der Waals surface area contributed by atoms with Gasteiger partial charge in [-0.05, 0) is 58.1 Å². The number of halogens is 2. The molecule has 4 rings (SSSR count). The average Bonchev–Trinajstić information content (AvgIpc) is 3.48. The van der Waals surface area contributed by atoms with Gasteiger partial charge in [0.15, 0.2) is 0 Å². The van der Waals surface area contributed by atoms with Crippen molar-refractivity contribution in [3.05, 3.63) is 35.4 Å². The zero-order valence-electron chi connectivity index (χ0n) is 21.5. The number of hydrogen-bond acceptors (Lipinski definition) is 4. The van der Waals surface area contributed by atoms with E-state index in [4.69, 9.17) is 5.73 Å². The van der Waals surface area contributed by atoms with Gasteiger partial charge in [-0.15, -0.1) is 0 Å². The van der Waals surface area contributed by atoms with E-state index in [9.17, 15) is 18.4 Å². The van der Waals surface area contributed by atoms with Crippen molar-refractivity contribution >= 4 is 11.8 Å². The van der Waals surface area contributed by atoms with Crippen molar-refractivity contribution < 1.29 is 18.4 Å². The molecule has 1 aromatic rings. The van der Waals surface area contributed by atoms with Crippen LogP contribution in [-0.4, -0.2) is 76.9 Å². The molecular formula is C27H40F2N4O2. The molecule has 2 heterocycles. The largest absolute Gasteiger partial charge is 0.338 e. The quantitative estimate of drug-likeness (QED) is 0.703. The lowest BCUT2D eigenvalue weighted by molar-refractivity contribution is -0.146. The maximum absolute atomic E-state index is 14.8. The maximum atomic E-state index is 14.8. The minimum atomic E-state index is -0.620. The van der Waals surface area contributed by atoms with Crippen LogP contribution in [0.15, 0.2) is 18.2 Å². The number of carbonyl (C=O) groups is 2. The average molecular weight is 491 g/mol. The van der Waals surface area contributed by atoms with Gasteiger partial charge in [-0.3, -0.25) is 14.5 Å². The number of piperazine rings is 1. The van der Waals surface area contributed by atoms with Gasteiger partial charge in [0.05, 0.1) is 12.0 Å². The SMILES string of the molecule is C[C@H]1CN(C(=O)[C@@H](N)C2CCCC2)CCN1C(=O)[C@@H]1CN(C(C)(C)C)C[C@H]1c1ccc(F)cc1F. The third kappa shape index (κ3) is 5.38. The summed E-state index contributed by atoms with van der Waals surface area (Å²) in [5.74, 6) is -1.79. The van der Waals surface area contributed by atoms with Crippen LogP contribution in [0.2, 0.25) is 0 Å². The molecule has 2 N–H and O–H groups in total. The Labute approximate surface area is 207 Å². The lowest BCUT2D eigenvalue weighted by Gasteiger charge is -2.42. The van der Waals surface area contributed by atoms with Crippen LogP contribution in [0.3, 0.4) is 0 Å². The second-order valence-corrected chi connectivity index (χ2v) is 11.7. The third-order valence-corrected chi connectivity index (χ3v) is 8.36. The lowest BCUT2D eigenvalue weighted by atomic mass is 9.87. The summed E-state index contributed by atoms with van der Waals surface area (Å²) >= 11 is 0. The van der Waals surface area contributed by atoms with E-state index >= 15 is 0 Å². The Morgan fingerprint density at radius 1 is 1.06 bits per heavy atom. The molecule has 35 heavy (non-hydrogen) atoms. The first kappa shape index (κ1) is 26.0. The van der Waals surface area contributed by atoms with Gasteiger partial charge in [0, 0.05) is 56.3 Å². The van der Waals surface area contributed by atoms with E-state index in [1.807, 2.05) is 16.7 Å². The van der Waals surface area contributed by atoms with Crippen molar-refractivity contribution in [2.45, 2.75) is 76.9 Å². The van der Waals surface area contributed by atoms with Crippen molar-refractivity contribution in [3.8, 4) is 0 Å². The van der Waals surface area contributed by atoms with Crippen LogP contribution in [0.5, 0.6) is 0 Å². The molecular weight excluding hydrogens is 450 g/mol. The Morgan fingerprint density at radius 3 is 2.34 bits per heavy atom. The summed E-state index contributed by atoms with van der Waals surface area (Å²) in [7, 11) is 0. The molecule has 1 aliphatic carbocycles. The van der Waals surface area contributed by atoms with Crippen LogP contribution in [0.1, 0.15) is 64.9 Å². The van der Waals surface area contributed by atoms with Crippen LogP contribution in [0.25, 0.3) is 0 Å². The topological polar surface area (TPSA) is 69.9 Å². The van der Waals surface area contributed by atoms with Crippen LogP contribution < -0.4 is 5.73 Å². The van der Waals surface area contributed by atoms with E-state index in [-0.39, 0.29) is 35.2 Å². The molecule has 0 unspecified atom stereocenters. The molecule has 1 aromatic carbocycles. The monoisotopic (exact) mass is 490 g/mol. The number of carbonyl (C=O) groups excluding carboxylic acids is 2. The van der Waals surface area contributed by atoms with Crippen molar-refractivity contribution in [3.63, 3.8) is 0 Å². The van der Waals surface area contributed by atoms with E-state index in [0.29, 0.717) is 38.3 Å². The van der Waals surface area contributed by atoms with Crippen LogP contribution in [-0.2, 0) is 9.59 Å². The first-order chi connectivity index (χ1) is 16.5. The second-order valence-electron chi connectivity index (χ2n) is 11.7. The molecule has 0 spiro atoms. The molecule has 0 radical (unpaired) electrons. The first-order valence-corrected chi connectivity index (χ1v) is 13.0. The van der Waals surface area contributed by atoms with E-state index in [1.54, 1.807) is 0 Å². The number of likely N-dealkylation sites (tertiary alicyclic amines) is 1. The van der Waals surface area contributed by atoms with Crippen LogP contribution in [0.4, 0.5) is 8.78 Å². The summed E-state index contributed by atoms with van der Waals surface area (Å²) in [5.41, 5.74) is 6.52. The fourth-order valence-electron chi connectivity index (χ4n) is 6.15. The van der Waals surface area contributed by atoms with Crippen LogP contribution in [0, 0.1) is 23.5 Å². The van der Waals surface area contributed by atoms with Gasteiger partial charge in [0.2, 0.25) is 11.8 Å². The number of amides is 2. The third-order valence-electron chi connectivity index (χ3n) is 8.36. The van der Waals surface area contributed by atoms with Crippen molar-refractivity contribution in [1.29, 1.82) is 0 Å². The summed E-state index contributed by atoms with van der Waals surface area (Å²) in [6.45, 7) is 10.6. The summed E-state index contributed by atoms with van der Waals surface area (Å²) in [4.78, 5) is 32.7. The molecule has 6 nitrogen and oxygen atoms in total. The molecule has 1 saturated carbocycles. The molecule has 3 fully saturated rings. The molecule has 4 atom stereocenters. The highest BCUT2D eigenvalue weighted by Gasteiger charge is 2.46. The highest BCUT2D eigenvalue weighted by atomic mass is 19.1. The molecule has 194 valence electrons. The van der Waals surface area contributed by atoms with Gasteiger partial charge in [0.25, 0.3) is 0 Å². The fourth-order valence-corrected chi connectivity index (χ4v) is 6.15. The van der Waals surface area contributed by atoms with Gasteiger partial charge in [-0.25, -0.2) is 8.78 Å². The summed E-state index contributed by atoms with van der Waals surface area (Å²) < 4.78 is 28.4. The van der Waals surface area contributed by atoms with Crippen LogP contribution >= 0.6 is 0 Å². The standard InChI is InChI=1S/C27H40F2N4O2/c1-17-14-31(26(35)24(30)18-7-5-6-8-18)11-12-33(17)25(34)22-16-32(27(2,3)4)15-21(22)20-10-9-19(28)13-23(20)29/h9-10,13,17-18,21-22,24H,5-8,11-12,14-16,30H2,1-4H3/t17-,21-,22+,24-/m0/s1. The minimum absolute atomic E-state index is 0.0121. The molecule has 8 heteroatoms. The molecule has 3 aliphatic rings. The predicted octanol–water partition coefficient (Wildman–Crippen LogP) is 3.36. The number of hydrogen-bond donors (Lipinski definition) is 1. The van der Waals surface area contributed by atoms with E-state index < -0.39 is 23.6 Å². The van der Waals surface area contributed by atoms with E-state index in [0.717, 1.165) is 31.7 Å². The van der Waals surface area contributed by atoms with Gasteiger partial charge in [0.1, 0.15) is 11.6 Å². The highest BCUT2D eigenvalue weighted by molar-refractivity contribution is 5.84. The Bertz CT molecular complexity index is 944. The number of nitrogens with two attached hydrogens (primary N) is 1. The highest BCUT2D eigenvalue weighted by Crippen LogP contribution is 2.39. The van der Waals surface area contributed by atoms with Gasteiger partial charge < -0.3 is 15.5 Å². The van der Waals surface area contributed by atoms with Gasteiger partial charge >= 0.3 is 0 Å². The summed E-state index contributed by atoms with van der Waals surface area (Å²) in [6.07, 6.45) is 4.28.